The molecule has 6 nitrogen and oxygen atoms in total. The van der Waals surface area contributed by atoms with Gasteiger partial charge in [0.05, 0.1) is 5.41 Å². The summed E-state index contributed by atoms with van der Waals surface area (Å²) in [6.07, 6.45) is 4.17. The van der Waals surface area contributed by atoms with Gasteiger partial charge in [0.25, 0.3) is 0 Å². The molecule has 0 radical (unpaired) electrons. The second-order valence-corrected chi connectivity index (χ2v) is 6.20. The lowest BCUT2D eigenvalue weighted by atomic mass is 9.80. The number of hydrogen-bond donors (Lipinski definition) is 2. The van der Waals surface area contributed by atoms with Gasteiger partial charge in [-0.2, -0.15) is 0 Å². The maximum Gasteiger partial charge on any atom is 0.317 e. The number of carbonyl (C=O) groups excluding carboxylic acids is 1. The standard InChI is InChI=1S/C15H26N2O4/c1-2-12-3-7-17(8-4-12)14(20)16-11-15(13(18)19)5-9-21-10-6-15/h12H,2-11H2,1H3,(H,16,20)(H,18,19). The van der Waals surface area contributed by atoms with Gasteiger partial charge in [0, 0.05) is 32.8 Å². The molecule has 120 valence electrons. The van der Waals surface area contributed by atoms with Crippen molar-refractivity contribution in [3.63, 3.8) is 0 Å². The molecule has 0 aliphatic carbocycles. The van der Waals surface area contributed by atoms with Crippen molar-refractivity contribution in [1.29, 1.82) is 0 Å². The van der Waals surface area contributed by atoms with Crippen molar-refractivity contribution in [2.75, 3.05) is 32.8 Å². The zero-order valence-corrected chi connectivity index (χ0v) is 12.8. The van der Waals surface area contributed by atoms with Gasteiger partial charge in [-0.15, -0.1) is 0 Å². The molecule has 0 aromatic rings. The predicted octanol–water partition coefficient (Wildman–Crippen LogP) is 1.70. The van der Waals surface area contributed by atoms with E-state index in [4.69, 9.17) is 4.74 Å². The Kier molecular flexibility index (Phi) is 5.45. The maximum atomic E-state index is 12.2. The molecule has 0 saturated carbocycles. The molecular weight excluding hydrogens is 272 g/mol. The summed E-state index contributed by atoms with van der Waals surface area (Å²) in [6, 6.07) is -0.128. The second kappa shape index (κ2) is 7.11. The number of rotatable bonds is 4. The Bertz CT molecular complexity index is 372. The zero-order chi connectivity index (χ0) is 15.3. The Labute approximate surface area is 125 Å². The number of ether oxygens (including phenoxy) is 1. The van der Waals surface area contributed by atoms with Crippen LogP contribution in [0.3, 0.4) is 0 Å². The van der Waals surface area contributed by atoms with Crippen molar-refractivity contribution in [3.8, 4) is 0 Å². The van der Waals surface area contributed by atoms with Crippen molar-refractivity contribution in [2.45, 2.75) is 39.0 Å². The molecule has 2 amide bonds. The van der Waals surface area contributed by atoms with Crippen LogP contribution in [0.25, 0.3) is 0 Å². The quantitative estimate of drug-likeness (QED) is 0.828. The van der Waals surface area contributed by atoms with E-state index in [0.717, 1.165) is 38.3 Å². The van der Waals surface area contributed by atoms with Crippen LogP contribution in [0.15, 0.2) is 0 Å². The molecule has 0 aromatic heterocycles. The molecule has 2 N–H and O–H groups in total. The van der Waals surface area contributed by atoms with E-state index >= 15 is 0 Å². The van der Waals surface area contributed by atoms with Gasteiger partial charge in [0.2, 0.25) is 0 Å². The average molecular weight is 298 g/mol. The molecule has 0 spiro atoms. The Morgan fingerprint density at radius 3 is 2.43 bits per heavy atom. The number of likely N-dealkylation sites (tertiary alicyclic amines) is 1. The van der Waals surface area contributed by atoms with Gasteiger partial charge in [-0.25, -0.2) is 4.79 Å². The first-order valence-corrected chi connectivity index (χ1v) is 7.91. The number of carboxylic acid groups (broad SMARTS) is 1. The summed E-state index contributed by atoms with van der Waals surface area (Å²) in [5, 5.41) is 12.3. The van der Waals surface area contributed by atoms with E-state index in [1.54, 1.807) is 4.90 Å². The van der Waals surface area contributed by atoms with E-state index in [9.17, 15) is 14.7 Å². The van der Waals surface area contributed by atoms with Crippen LogP contribution in [-0.4, -0.2) is 54.9 Å². The molecule has 2 rings (SSSR count). The number of piperidine rings is 1. The van der Waals surface area contributed by atoms with Crippen LogP contribution in [-0.2, 0) is 9.53 Å². The number of amides is 2. The molecule has 0 aromatic carbocycles. The van der Waals surface area contributed by atoms with Crippen LogP contribution in [0, 0.1) is 11.3 Å². The molecule has 0 unspecified atom stereocenters. The monoisotopic (exact) mass is 298 g/mol. The van der Waals surface area contributed by atoms with E-state index in [-0.39, 0.29) is 12.6 Å². The van der Waals surface area contributed by atoms with Gasteiger partial charge in [-0.3, -0.25) is 4.79 Å². The van der Waals surface area contributed by atoms with Gasteiger partial charge in [0.15, 0.2) is 0 Å². The van der Waals surface area contributed by atoms with Crippen molar-refractivity contribution < 1.29 is 19.4 Å². The first-order valence-electron chi connectivity index (χ1n) is 7.91. The fraction of sp³-hybridized carbons (Fsp3) is 0.867. The number of urea groups is 1. The smallest absolute Gasteiger partial charge is 0.317 e. The Morgan fingerprint density at radius 1 is 1.29 bits per heavy atom. The van der Waals surface area contributed by atoms with Crippen LogP contribution in [0.5, 0.6) is 0 Å². The molecule has 0 bridgehead atoms. The maximum absolute atomic E-state index is 12.2. The second-order valence-electron chi connectivity index (χ2n) is 6.20. The minimum Gasteiger partial charge on any atom is -0.481 e. The van der Waals surface area contributed by atoms with E-state index in [1.165, 1.54) is 0 Å². The SMILES string of the molecule is CCC1CCN(C(=O)NCC2(C(=O)O)CCOCC2)CC1. The molecule has 6 heteroatoms. The highest BCUT2D eigenvalue weighted by Gasteiger charge is 2.40. The molecule has 2 aliphatic heterocycles. The molecule has 2 heterocycles. The van der Waals surface area contributed by atoms with Crippen molar-refractivity contribution in [1.82, 2.24) is 10.2 Å². The Hall–Kier alpha value is -1.30. The molecule has 2 aliphatic rings. The number of carboxylic acids is 1. The summed E-state index contributed by atoms with van der Waals surface area (Å²) in [7, 11) is 0. The topological polar surface area (TPSA) is 78.9 Å². The van der Waals surface area contributed by atoms with Gasteiger partial charge in [0.1, 0.15) is 0 Å². The lowest BCUT2D eigenvalue weighted by Crippen LogP contribution is -2.51. The van der Waals surface area contributed by atoms with E-state index in [1.807, 2.05) is 0 Å². The van der Waals surface area contributed by atoms with Gasteiger partial charge in [-0.05, 0) is 31.6 Å². The third-order valence-corrected chi connectivity index (χ3v) is 4.96. The zero-order valence-electron chi connectivity index (χ0n) is 12.8. The minimum atomic E-state index is -0.865. The summed E-state index contributed by atoms with van der Waals surface area (Å²) in [4.78, 5) is 25.5. The predicted molar refractivity (Wildman–Crippen MR) is 78.1 cm³/mol. The number of aliphatic carboxylic acids is 1. The lowest BCUT2D eigenvalue weighted by Gasteiger charge is -2.35. The Balaban J connectivity index is 1.83. The van der Waals surface area contributed by atoms with Crippen LogP contribution in [0.2, 0.25) is 0 Å². The molecule has 2 fully saturated rings. The minimum absolute atomic E-state index is 0.128. The van der Waals surface area contributed by atoms with Crippen LogP contribution in [0.1, 0.15) is 39.0 Å². The highest BCUT2D eigenvalue weighted by atomic mass is 16.5. The largest absolute Gasteiger partial charge is 0.481 e. The number of nitrogens with one attached hydrogen (secondary N) is 1. The van der Waals surface area contributed by atoms with E-state index in [0.29, 0.717) is 26.1 Å². The summed E-state index contributed by atoms with van der Waals surface area (Å²) >= 11 is 0. The van der Waals surface area contributed by atoms with Crippen molar-refractivity contribution in [2.24, 2.45) is 11.3 Å². The van der Waals surface area contributed by atoms with Crippen LogP contribution in [0.4, 0.5) is 4.79 Å². The summed E-state index contributed by atoms with van der Waals surface area (Å²) in [5.41, 5.74) is -0.865. The summed E-state index contributed by atoms with van der Waals surface area (Å²) in [5.74, 6) is -0.120. The third-order valence-electron chi connectivity index (χ3n) is 4.96. The fourth-order valence-corrected chi connectivity index (χ4v) is 3.13. The first-order chi connectivity index (χ1) is 10.1. The lowest BCUT2D eigenvalue weighted by molar-refractivity contribution is -0.154. The highest BCUT2D eigenvalue weighted by molar-refractivity contribution is 5.78. The van der Waals surface area contributed by atoms with Gasteiger partial charge >= 0.3 is 12.0 Å². The van der Waals surface area contributed by atoms with Crippen molar-refractivity contribution >= 4 is 12.0 Å². The van der Waals surface area contributed by atoms with E-state index < -0.39 is 11.4 Å². The van der Waals surface area contributed by atoms with Gasteiger partial charge < -0.3 is 20.1 Å². The number of nitrogens with zero attached hydrogens (tertiary/aromatic N) is 1. The van der Waals surface area contributed by atoms with Crippen LogP contribution < -0.4 is 5.32 Å². The normalized spacial score (nSPS) is 22.8. The summed E-state index contributed by atoms with van der Waals surface area (Å²) < 4.78 is 5.24. The third kappa shape index (κ3) is 3.87. The molecule has 2 saturated heterocycles. The molecule has 21 heavy (non-hydrogen) atoms. The highest BCUT2D eigenvalue weighted by Crippen LogP contribution is 2.30. The average Bonchev–Trinajstić information content (AvgIpc) is 2.53. The van der Waals surface area contributed by atoms with Crippen molar-refractivity contribution in [3.05, 3.63) is 0 Å². The molecular formula is C15H26N2O4. The summed E-state index contributed by atoms with van der Waals surface area (Å²) in [6.45, 7) is 4.82. The number of hydrogen-bond acceptors (Lipinski definition) is 3. The molecule has 0 atom stereocenters. The van der Waals surface area contributed by atoms with Crippen LogP contribution >= 0.6 is 0 Å². The number of carbonyl (C=O) groups is 2. The van der Waals surface area contributed by atoms with Gasteiger partial charge in [-0.1, -0.05) is 13.3 Å². The Morgan fingerprint density at radius 2 is 1.90 bits per heavy atom. The van der Waals surface area contributed by atoms with E-state index in [2.05, 4.69) is 12.2 Å². The first kappa shape index (κ1) is 16.1. The fourth-order valence-electron chi connectivity index (χ4n) is 3.13.